The average molecular weight is 649 g/mol. The minimum atomic E-state index is -1.21. The third kappa shape index (κ3) is 6.95. The van der Waals surface area contributed by atoms with Gasteiger partial charge in [-0.3, -0.25) is 14.9 Å². The number of fused-ring (bicyclic) bond motifs is 1. The maximum absolute atomic E-state index is 14.0. The van der Waals surface area contributed by atoms with Gasteiger partial charge < -0.3 is 24.5 Å². The van der Waals surface area contributed by atoms with Crippen LogP contribution in [0, 0.1) is 16.0 Å². The number of ether oxygens (including phenoxy) is 1. The molecule has 0 bridgehead atoms. The van der Waals surface area contributed by atoms with Gasteiger partial charge in [0.2, 0.25) is 0 Å². The summed E-state index contributed by atoms with van der Waals surface area (Å²) in [5.41, 5.74) is 0.861. The molecule has 2 heterocycles. The number of piperidine rings is 1. The zero-order valence-electron chi connectivity index (χ0n) is 26.8. The van der Waals surface area contributed by atoms with Crippen molar-refractivity contribution in [2.75, 3.05) is 39.3 Å². The highest BCUT2D eigenvalue weighted by Crippen LogP contribution is 2.39. The van der Waals surface area contributed by atoms with Gasteiger partial charge in [0.15, 0.2) is 0 Å². The van der Waals surface area contributed by atoms with Crippen molar-refractivity contribution in [1.82, 2.24) is 14.7 Å². The third-order valence-electron chi connectivity index (χ3n) is 9.68. The molecule has 0 unspecified atom stereocenters. The molecule has 2 saturated heterocycles. The number of non-ortho nitro benzene ring substituents is 1. The van der Waals surface area contributed by atoms with Crippen molar-refractivity contribution in [3.8, 4) is 0 Å². The second-order valence-electron chi connectivity index (χ2n) is 12.7. The van der Waals surface area contributed by atoms with Crippen LogP contribution < -0.4 is 0 Å². The number of hydrogen-bond donors (Lipinski definition) is 1. The van der Waals surface area contributed by atoms with Crippen molar-refractivity contribution in [3.05, 3.63) is 137 Å². The van der Waals surface area contributed by atoms with Crippen molar-refractivity contribution < 1.29 is 24.4 Å². The lowest BCUT2D eigenvalue weighted by Gasteiger charge is -2.40. The number of benzene rings is 4. The van der Waals surface area contributed by atoms with Crippen LogP contribution in [0.5, 0.6) is 0 Å². The van der Waals surface area contributed by atoms with Gasteiger partial charge in [0, 0.05) is 62.4 Å². The van der Waals surface area contributed by atoms with Gasteiger partial charge >= 0.3 is 6.09 Å². The smallest absolute Gasteiger partial charge is 0.410 e. The molecule has 2 fully saturated rings. The van der Waals surface area contributed by atoms with Gasteiger partial charge in [-0.2, -0.15) is 0 Å². The quantitative estimate of drug-likeness (QED) is 0.127. The third-order valence-corrected chi connectivity index (χ3v) is 9.68. The summed E-state index contributed by atoms with van der Waals surface area (Å²) in [5.74, 6) is -0.305. The summed E-state index contributed by atoms with van der Waals surface area (Å²) in [7, 11) is 0. The number of likely N-dealkylation sites (tertiary alicyclic amines) is 2. The number of β-amino-alcohol motifs (C(OH)–C–C–N with tert-alkyl or cyclic N) is 1. The predicted molar refractivity (Wildman–Crippen MR) is 183 cm³/mol. The molecule has 6 rings (SSSR count). The molecule has 10 nitrogen and oxygen atoms in total. The van der Waals surface area contributed by atoms with Gasteiger partial charge in [0.25, 0.3) is 11.6 Å². The van der Waals surface area contributed by atoms with Gasteiger partial charge in [0.1, 0.15) is 12.2 Å². The molecule has 2 aliphatic heterocycles. The molecule has 48 heavy (non-hydrogen) atoms. The summed E-state index contributed by atoms with van der Waals surface area (Å²) in [4.78, 5) is 43.4. The molecular formula is C38H40N4O6. The van der Waals surface area contributed by atoms with Crippen LogP contribution in [-0.2, 0) is 16.9 Å². The van der Waals surface area contributed by atoms with E-state index in [-0.39, 0.29) is 36.7 Å². The molecule has 248 valence electrons. The second kappa shape index (κ2) is 14.4. The molecule has 0 aromatic heterocycles. The number of hydrogen-bond acceptors (Lipinski definition) is 7. The largest absolute Gasteiger partial charge is 0.445 e. The minimum absolute atomic E-state index is 0.0110. The molecule has 1 N–H and O–H groups in total. The number of aliphatic hydroxyl groups is 1. The van der Waals surface area contributed by atoms with E-state index in [2.05, 4.69) is 11.5 Å². The SMILES string of the molecule is C=CCN(C(=O)OCc1ccc([N+](=O)[O-])cc1)C1CCN(C[C@@H]2CN(C(=O)c3cccc4ccccc34)C[C@@]2(O)c2ccccc2)CC1. The van der Waals surface area contributed by atoms with Crippen LogP contribution in [0.3, 0.4) is 0 Å². The Hall–Kier alpha value is -5.06. The topological polar surface area (TPSA) is 116 Å². The van der Waals surface area contributed by atoms with Crippen LogP contribution in [-0.4, -0.2) is 82.0 Å². The van der Waals surface area contributed by atoms with E-state index in [0.29, 0.717) is 43.9 Å². The second-order valence-corrected chi connectivity index (χ2v) is 12.7. The normalized spacial score (nSPS) is 20.0. The summed E-state index contributed by atoms with van der Waals surface area (Å²) in [6, 6.07) is 29.1. The number of nitrogens with zero attached hydrogens (tertiary/aromatic N) is 4. The number of amides is 2. The number of carbonyl (C=O) groups excluding carboxylic acids is 2. The first-order chi connectivity index (χ1) is 23.3. The lowest BCUT2D eigenvalue weighted by Crippen LogP contribution is -2.50. The van der Waals surface area contributed by atoms with E-state index < -0.39 is 16.6 Å². The Kier molecular flexibility index (Phi) is 9.84. The van der Waals surface area contributed by atoms with Crippen LogP contribution in [0.4, 0.5) is 10.5 Å². The summed E-state index contributed by atoms with van der Waals surface area (Å²) in [5, 5.41) is 25.1. The number of nitro groups is 1. The van der Waals surface area contributed by atoms with E-state index in [4.69, 9.17) is 4.74 Å². The summed E-state index contributed by atoms with van der Waals surface area (Å²) >= 11 is 0. The Morgan fingerprint density at radius 1 is 0.979 bits per heavy atom. The minimum Gasteiger partial charge on any atom is -0.445 e. The molecule has 0 spiro atoms. The molecule has 10 heteroatoms. The van der Waals surface area contributed by atoms with Crippen molar-refractivity contribution in [2.45, 2.75) is 31.1 Å². The van der Waals surface area contributed by atoms with E-state index in [9.17, 15) is 24.8 Å². The maximum atomic E-state index is 14.0. The van der Waals surface area contributed by atoms with Crippen molar-refractivity contribution in [1.29, 1.82) is 0 Å². The summed E-state index contributed by atoms with van der Waals surface area (Å²) in [6.45, 7) is 6.83. The summed E-state index contributed by atoms with van der Waals surface area (Å²) < 4.78 is 5.59. The van der Waals surface area contributed by atoms with E-state index in [1.807, 2.05) is 72.8 Å². The monoisotopic (exact) mass is 648 g/mol. The first kappa shape index (κ1) is 32.9. The first-order valence-corrected chi connectivity index (χ1v) is 16.3. The van der Waals surface area contributed by atoms with Gasteiger partial charge in [-0.15, -0.1) is 6.58 Å². The highest BCUT2D eigenvalue weighted by Gasteiger charge is 2.49. The van der Waals surface area contributed by atoms with E-state index in [1.165, 1.54) is 12.1 Å². The molecule has 2 amide bonds. The Morgan fingerprint density at radius 3 is 2.38 bits per heavy atom. The molecule has 0 aliphatic carbocycles. The van der Waals surface area contributed by atoms with Crippen LogP contribution in [0.15, 0.2) is 110 Å². The van der Waals surface area contributed by atoms with E-state index >= 15 is 0 Å². The maximum Gasteiger partial charge on any atom is 0.410 e. The molecular weight excluding hydrogens is 608 g/mol. The molecule has 4 aromatic carbocycles. The lowest BCUT2D eigenvalue weighted by atomic mass is 9.83. The van der Waals surface area contributed by atoms with Gasteiger partial charge in [-0.05, 0) is 52.9 Å². The first-order valence-electron chi connectivity index (χ1n) is 16.3. The molecule has 0 radical (unpaired) electrons. The van der Waals surface area contributed by atoms with Crippen LogP contribution in [0.2, 0.25) is 0 Å². The highest BCUT2D eigenvalue weighted by molar-refractivity contribution is 6.07. The zero-order chi connectivity index (χ0) is 33.7. The average Bonchev–Trinajstić information content (AvgIpc) is 3.46. The standard InChI is InChI=1S/C38H40N4O6/c1-2-21-41(37(44)48-26-28-15-17-33(18-16-28)42(46)47)32-19-22-39(23-20-32)24-31-25-40(27-38(31,45)30-11-4-3-5-12-30)36(43)35-14-8-10-29-9-6-7-13-34(29)35/h2-18,31-32,45H,1,19-27H2/t31-,38-/m1/s1. The zero-order valence-corrected chi connectivity index (χ0v) is 26.8. The fourth-order valence-corrected chi connectivity index (χ4v) is 7.08. The lowest BCUT2D eigenvalue weighted by molar-refractivity contribution is -0.384. The Labute approximate surface area is 280 Å². The Balaban J connectivity index is 1.11. The van der Waals surface area contributed by atoms with Crippen LogP contribution >= 0.6 is 0 Å². The Bertz CT molecular complexity index is 1770. The number of rotatable bonds is 10. The van der Waals surface area contributed by atoms with E-state index in [0.717, 1.165) is 29.2 Å². The molecule has 2 atom stereocenters. The molecule has 4 aromatic rings. The van der Waals surface area contributed by atoms with Crippen molar-refractivity contribution in [3.63, 3.8) is 0 Å². The number of carbonyl (C=O) groups is 2. The van der Waals surface area contributed by atoms with Crippen molar-refractivity contribution in [2.24, 2.45) is 5.92 Å². The van der Waals surface area contributed by atoms with Gasteiger partial charge in [0.05, 0.1) is 11.5 Å². The molecule has 0 saturated carbocycles. The predicted octanol–water partition coefficient (Wildman–Crippen LogP) is 6.00. The van der Waals surface area contributed by atoms with E-state index in [1.54, 1.807) is 28.0 Å². The fraction of sp³-hybridized carbons (Fsp3) is 0.316. The highest BCUT2D eigenvalue weighted by atomic mass is 16.6. The van der Waals surface area contributed by atoms with Crippen LogP contribution in [0.1, 0.15) is 34.3 Å². The van der Waals surface area contributed by atoms with Gasteiger partial charge in [-0.1, -0.05) is 72.8 Å². The van der Waals surface area contributed by atoms with Crippen LogP contribution in [0.25, 0.3) is 10.8 Å². The molecule has 2 aliphatic rings. The van der Waals surface area contributed by atoms with Crippen molar-refractivity contribution >= 4 is 28.5 Å². The van der Waals surface area contributed by atoms with Gasteiger partial charge in [-0.25, -0.2) is 4.79 Å². The fourth-order valence-electron chi connectivity index (χ4n) is 7.08. The number of nitro benzene ring substituents is 1. The summed E-state index contributed by atoms with van der Waals surface area (Å²) in [6.07, 6.45) is 2.66. The Morgan fingerprint density at radius 2 is 1.67 bits per heavy atom.